The average Bonchev–Trinajstić information content (AvgIpc) is 3.44. The van der Waals surface area contributed by atoms with Gasteiger partial charge in [-0.2, -0.15) is 0 Å². The minimum Gasteiger partial charge on any atom is -0.325 e. The standard InChI is InChI=1S/C20H16ClN3O2/c21-14-6-2-7-15(12-14)23-18(25)20(9-10-20)19(26)24-16-8-1-4-13-5-3-11-22-17(13)16/h1-8,11-12H,9-10H2,(H,23,25)(H,24,26). The van der Waals surface area contributed by atoms with Crippen molar-refractivity contribution in [1.82, 2.24) is 4.98 Å². The Morgan fingerprint density at radius 2 is 1.69 bits per heavy atom. The highest BCUT2D eigenvalue weighted by Crippen LogP contribution is 2.47. The number of rotatable bonds is 4. The van der Waals surface area contributed by atoms with Gasteiger partial charge >= 0.3 is 0 Å². The first-order valence-electron chi connectivity index (χ1n) is 8.31. The van der Waals surface area contributed by atoms with E-state index in [2.05, 4.69) is 15.6 Å². The molecule has 0 unspecified atom stereocenters. The van der Waals surface area contributed by atoms with Crippen LogP contribution >= 0.6 is 11.6 Å². The number of halogens is 1. The number of hydrogen-bond donors (Lipinski definition) is 2. The molecule has 0 spiro atoms. The van der Waals surface area contributed by atoms with Crippen molar-refractivity contribution in [2.24, 2.45) is 5.41 Å². The highest BCUT2D eigenvalue weighted by Gasteiger charge is 2.56. The van der Waals surface area contributed by atoms with Crippen molar-refractivity contribution in [3.63, 3.8) is 0 Å². The Morgan fingerprint density at radius 3 is 2.46 bits per heavy atom. The van der Waals surface area contributed by atoms with Crippen LogP contribution in [0.3, 0.4) is 0 Å². The molecule has 1 saturated carbocycles. The molecule has 2 N–H and O–H groups in total. The fourth-order valence-electron chi connectivity index (χ4n) is 2.95. The van der Waals surface area contributed by atoms with Crippen LogP contribution < -0.4 is 10.6 Å². The number of carbonyl (C=O) groups is 2. The summed E-state index contributed by atoms with van der Waals surface area (Å²) in [6.45, 7) is 0. The molecule has 1 fully saturated rings. The third-order valence-electron chi connectivity index (χ3n) is 4.58. The van der Waals surface area contributed by atoms with Gasteiger partial charge in [-0.1, -0.05) is 35.9 Å². The molecule has 1 aliphatic rings. The van der Waals surface area contributed by atoms with Crippen LogP contribution in [-0.2, 0) is 9.59 Å². The number of hydrogen-bond acceptors (Lipinski definition) is 3. The molecule has 0 saturated heterocycles. The highest BCUT2D eigenvalue weighted by atomic mass is 35.5. The van der Waals surface area contributed by atoms with Crippen molar-refractivity contribution in [2.45, 2.75) is 12.8 Å². The lowest BCUT2D eigenvalue weighted by Crippen LogP contribution is -2.35. The van der Waals surface area contributed by atoms with Crippen LogP contribution in [0.5, 0.6) is 0 Å². The van der Waals surface area contributed by atoms with Crippen LogP contribution in [0, 0.1) is 5.41 Å². The summed E-state index contributed by atoms with van der Waals surface area (Å²) >= 11 is 5.95. The van der Waals surface area contributed by atoms with E-state index < -0.39 is 5.41 Å². The van der Waals surface area contributed by atoms with Crippen molar-refractivity contribution < 1.29 is 9.59 Å². The van der Waals surface area contributed by atoms with Gasteiger partial charge in [0.15, 0.2) is 0 Å². The molecule has 1 aromatic heterocycles. The van der Waals surface area contributed by atoms with E-state index in [-0.39, 0.29) is 11.8 Å². The number of amides is 2. The average molecular weight is 366 g/mol. The Hall–Kier alpha value is -2.92. The van der Waals surface area contributed by atoms with Crippen LogP contribution in [0.15, 0.2) is 60.8 Å². The first kappa shape index (κ1) is 16.5. The normalized spacial score (nSPS) is 14.7. The van der Waals surface area contributed by atoms with Gasteiger partial charge in [-0.25, -0.2) is 0 Å². The third-order valence-corrected chi connectivity index (χ3v) is 4.82. The monoisotopic (exact) mass is 365 g/mol. The maximum atomic E-state index is 12.8. The summed E-state index contributed by atoms with van der Waals surface area (Å²) in [5.41, 5.74) is 0.844. The lowest BCUT2D eigenvalue weighted by atomic mass is 10.0. The van der Waals surface area contributed by atoms with E-state index in [4.69, 9.17) is 11.6 Å². The molecule has 3 aromatic rings. The Morgan fingerprint density at radius 1 is 0.962 bits per heavy atom. The summed E-state index contributed by atoms with van der Waals surface area (Å²) in [6.07, 6.45) is 2.71. The lowest BCUT2D eigenvalue weighted by molar-refractivity contribution is -0.131. The van der Waals surface area contributed by atoms with E-state index in [9.17, 15) is 9.59 Å². The number of carbonyl (C=O) groups excluding carboxylic acids is 2. The minimum absolute atomic E-state index is 0.310. The molecular weight excluding hydrogens is 350 g/mol. The molecule has 6 heteroatoms. The second-order valence-corrected chi connectivity index (χ2v) is 6.82. The zero-order valence-electron chi connectivity index (χ0n) is 13.8. The molecule has 26 heavy (non-hydrogen) atoms. The van der Waals surface area contributed by atoms with E-state index >= 15 is 0 Å². The fraction of sp³-hybridized carbons (Fsp3) is 0.150. The molecule has 4 rings (SSSR count). The van der Waals surface area contributed by atoms with Gasteiger partial charge in [0.05, 0.1) is 11.2 Å². The summed E-state index contributed by atoms with van der Waals surface area (Å²) in [7, 11) is 0. The molecule has 0 atom stereocenters. The Labute approximate surface area is 155 Å². The number of benzene rings is 2. The van der Waals surface area contributed by atoms with Crippen LogP contribution in [0.25, 0.3) is 10.9 Å². The van der Waals surface area contributed by atoms with Crippen molar-refractivity contribution in [3.05, 3.63) is 65.8 Å². The molecule has 2 amide bonds. The zero-order chi connectivity index (χ0) is 18.1. The van der Waals surface area contributed by atoms with Crippen LogP contribution in [0.2, 0.25) is 5.02 Å². The third kappa shape index (κ3) is 3.02. The molecule has 5 nitrogen and oxygen atoms in total. The lowest BCUT2D eigenvalue weighted by Gasteiger charge is -2.16. The van der Waals surface area contributed by atoms with Crippen LogP contribution in [0.4, 0.5) is 11.4 Å². The second-order valence-electron chi connectivity index (χ2n) is 6.38. The summed E-state index contributed by atoms with van der Waals surface area (Å²) in [5.74, 6) is -0.624. The van der Waals surface area contributed by atoms with E-state index in [1.165, 1.54) is 0 Å². The Balaban J connectivity index is 1.54. The molecule has 0 aliphatic heterocycles. The number of nitrogens with one attached hydrogen (secondary N) is 2. The van der Waals surface area contributed by atoms with Crippen molar-refractivity contribution in [3.8, 4) is 0 Å². The molecule has 0 radical (unpaired) electrons. The van der Waals surface area contributed by atoms with Gasteiger partial charge in [-0.05, 0) is 43.2 Å². The van der Waals surface area contributed by atoms with Gasteiger partial charge in [0.2, 0.25) is 11.8 Å². The van der Waals surface area contributed by atoms with Gasteiger partial charge in [0.25, 0.3) is 0 Å². The SMILES string of the molecule is O=C(Nc1cccc(Cl)c1)C1(C(=O)Nc2cccc3cccnc23)CC1. The van der Waals surface area contributed by atoms with Gasteiger partial charge < -0.3 is 10.6 Å². The predicted octanol–water partition coefficient (Wildman–Crippen LogP) is 4.25. The Kier molecular flexibility index (Phi) is 4.09. The summed E-state index contributed by atoms with van der Waals surface area (Å²) in [6, 6.07) is 16.2. The largest absolute Gasteiger partial charge is 0.325 e. The van der Waals surface area contributed by atoms with Crippen molar-refractivity contribution in [1.29, 1.82) is 0 Å². The number of aromatic nitrogens is 1. The summed E-state index contributed by atoms with van der Waals surface area (Å²) in [4.78, 5) is 29.8. The second kappa shape index (κ2) is 6.42. The first-order chi connectivity index (χ1) is 12.6. The molecule has 2 aromatic carbocycles. The van der Waals surface area contributed by atoms with Crippen molar-refractivity contribution in [2.75, 3.05) is 10.6 Å². The summed E-state index contributed by atoms with van der Waals surface area (Å²) < 4.78 is 0. The predicted molar refractivity (Wildman–Crippen MR) is 102 cm³/mol. The van der Waals surface area contributed by atoms with Gasteiger partial charge in [0.1, 0.15) is 5.41 Å². The molecule has 1 heterocycles. The van der Waals surface area contributed by atoms with Gasteiger partial charge in [-0.3, -0.25) is 14.6 Å². The molecular formula is C20H16ClN3O2. The maximum absolute atomic E-state index is 12.8. The van der Waals surface area contributed by atoms with Gasteiger partial charge in [0, 0.05) is 22.3 Å². The minimum atomic E-state index is -1.04. The summed E-state index contributed by atoms with van der Waals surface area (Å²) in [5, 5.41) is 7.12. The van der Waals surface area contributed by atoms with Crippen molar-refractivity contribution >= 4 is 45.7 Å². The Bertz CT molecular complexity index is 1010. The molecule has 130 valence electrons. The number of para-hydroxylation sites is 1. The first-order valence-corrected chi connectivity index (χ1v) is 8.68. The quantitative estimate of drug-likeness (QED) is 0.679. The van der Waals surface area contributed by atoms with E-state index in [1.54, 1.807) is 36.5 Å². The maximum Gasteiger partial charge on any atom is 0.240 e. The fourth-order valence-corrected chi connectivity index (χ4v) is 3.14. The molecule has 0 bridgehead atoms. The van der Waals surface area contributed by atoms with Gasteiger partial charge in [-0.15, -0.1) is 0 Å². The van der Waals surface area contributed by atoms with E-state index in [1.807, 2.05) is 24.3 Å². The number of nitrogens with zero attached hydrogens (tertiary/aromatic N) is 1. The number of anilines is 2. The van der Waals surface area contributed by atoms with Crippen LogP contribution in [0.1, 0.15) is 12.8 Å². The topological polar surface area (TPSA) is 71.1 Å². The van der Waals surface area contributed by atoms with E-state index in [0.29, 0.717) is 34.8 Å². The molecule has 1 aliphatic carbocycles. The zero-order valence-corrected chi connectivity index (χ0v) is 14.6. The highest BCUT2D eigenvalue weighted by molar-refractivity contribution is 6.31. The number of pyridine rings is 1. The smallest absolute Gasteiger partial charge is 0.240 e. The number of fused-ring (bicyclic) bond motifs is 1. The van der Waals surface area contributed by atoms with E-state index in [0.717, 1.165) is 5.39 Å². The van der Waals surface area contributed by atoms with Crippen LogP contribution in [-0.4, -0.2) is 16.8 Å².